The van der Waals surface area contributed by atoms with Gasteiger partial charge in [0.2, 0.25) is 0 Å². The quantitative estimate of drug-likeness (QED) is 0.235. The van der Waals surface area contributed by atoms with Gasteiger partial charge in [-0.2, -0.15) is 0 Å². The van der Waals surface area contributed by atoms with Crippen LogP contribution in [0, 0.1) is 0 Å². The largest absolute Gasteiger partial charge is 0.456 e. The number of aromatic nitrogens is 2. The Morgan fingerprint density at radius 3 is 2.09 bits per heavy atom. The second-order valence-electron chi connectivity index (χ2n) is 8.63. The van der Waals surface area contributed by atoms with Gasteiger partial charge in [-0.15, -0.1) is 0 Å². The van der Waals surface area contributed by atoms with E-state index in [2.05, 4.69) is 111 Å². The number of halogens is 1. The maximum Gasteiger partial charge on any atom is 0.145 e. The predicted molar refractivity (Wildman–Crippen MR) is 147 cm³/mol. The van der Waals surface area contributed by atoms with Crippen molar-refractivity contribution in [3.05, 3.63) is 120 Å². The highest BCUT2D eigenvalue weighted by atomic mass is 79.9. The minimum atomic E-state index is 0.898. The van der Waals surface area contributed by atoms with Gasteiger partial charge < -0.3 is 4.42 Å². The van der Waals surface area contributed by atoms with E-state index in [0.29, 0.717) is 0 Å². The fourth-order valence-electron chi connectivity index (χ4n) is 4.80. The van der Waals surface area contributed by atoms with Gasteiger partial charge in [0.05, 0.1) is 11.0 Å². The smallest absolute Gasteiger partial charge is 0.145 e. The van der Waals surface area contributed by atoms with Gasteiger partial charge in [0.15, 0.2) is 0 Å². The lowest BCUT2D eigenvalue weighted by Gasteiger charge is -2.10. The summed E-state index contributed by atoms with van der Waals surface area (Å²) < 4.78 is 9.30. The molecule has 0 bridgehead atoms. The maximum absolute atomic E-state index is 6.03. The van der Waals surface area contributed by atoms with Gasteiger partial charge >= 0.3 is 0 Å². The Morgan fingerprint density at radius 2 is 1.26 bits per heavy atom. The van der Waals surface area contributed by atoms with E-state index in [1.54, 1.807) is 0 Å². The standard InChI is InChI=1S/C31H19BrN2O/c32-23-15-17-30-26(19-23)25-18-22(14-16-29(25)35-30)20-10-12-21(13-11-20)31-33-27-8-4-5-9-28(27)34(31)24-6-2-1-3-7-24/h1-19H. The average Bonchev–Trinajstić information content (AvgIpc) is 3.47. The highest BCUT2D eigenvalue weighted by molar-refractivity contribution is 9.10. The Bertz CT molecular complexity index is 1850. The number of hydrogen-bond acceptors (Lipinski definition) is 2. The topological polar surface area (TPSA) is 31.0 Å². The number of hydrogen-bond donors (Lipinski definition) is 0. The van der Waals surface area contributed by atoms with Crippen LogP contribution in [0.2, 0.25) is 0 Å². The van der Waals surface area contributed by atoms with E-state index < -0.39 is 0 Å². The first-order valence-corrected chi connectivity index (χ1v) is 12.3. The van der Waals surface area contributed by atoms with Gasteiger partial charge in [0.25, 0.3) is 0 Å². The molecular formula is C31H19BrN2O. The molecule has 2 heterocycles. The summed E-state index contributed by atoms with van der Waals surface area (Å²) in [6.07, 6.45) is 0. The van der Waals surface area contributed by atoms with Gasteiger partial charge in [-0.05, 0) is 65.7 Å². The molecule has 0 fully saturated rings. The molecule has 0 atom stereocenters. The summed E-state index contributed by atoms with van der Waals surface area (Å²) in [5.74, 6) is 0.935. The first-order chi connectivity index (χ1) is 17.2. The molecule has 0 saturated carbocycles. The highest BCUT2D eigenvalue weighted by Gasteiger charge is 2.14. The van der Waals surface area contributed by atoms with Crippen LogP contribution in [0.4, 0.5) is 0 Å². The summed E-state index contributed by atoms with van der Waals surface area (Å²) in [4.78, 5) is 4.98. The second-order valence-corrected chi connectivity index (χ2v) is 9.54. The summed E-state index contributed by atoms with van der Waals surface area (Å²) in [5, 5.41) is 2.23. The van der Waals surface area contributed by atoms with E-state index in [4.69, 9.17) is 9.40 Å². The molecule has 0 aliphatic carbocycles. The minimum absolute atomic E-state index is 0.898. The van der Waals surface area contributed by atoms with Crippen molar-refractivity contribution < 1.29 is 4.42 Å². The first-order valence-electron chi connectivity index (χ1n) is 11.5. The van der Waals surface area contributed by atoms with Crippen LogP contribution in [0.25, 0.3) is 61.2 Å². The van der Waals surface area contributed by atoms with Crippen LogP contribution in [0.1, 0.15) is 0 Å². The molecule has 0 saturated heterocycles. The van der Waals surface area contributed by atoms with Crippen molar-refractivity contribution in [3.8, 4) is 28.2 Å². The van der Waals surface area contributed by atoms with E-state index in [1.165, 1.54) is 0 Å². The van der Waals surface area contributed by atoms with Gasteiger partial charge in [-0.25, -0.2) is 4.98 Å². The average molecular weight is 515 g/mol. The monoisotopic (exact) mass is 514 g/mol. The van der Waals surface area contributed by atoms with E-state index in [1.807, 2.05) is 24.3 Å². The lowest BCUT2D eigenvalue weighted by atomic mass is 10.0. The number of imidazole rings is 1. The molecule has 4 heteroatoms. The third kappa shape index (κ3) is 3.37. The summed E-state index contributed by atoms with van der Waals surface area (Å²) in [7, 11) is 0. The Kier molecular flexibility index (Phi) is 4.61. The van der Waals surface area contributed by atoms with Crippen LogP contribution in [0.3, 0.4) is 0 Å². The number of nitrogens with zero attached hydrogens (tertiary/aromatic N) is 2. The van der Waals surface area contributed by atoms with Crippen molar-refractivity contribution in [2.45, 2.75) is 0 Å². The molecule has 2 aromatic heterocycles. The molecule has 166 valence electrons. The van der Waals surface area contributed by atoms with Crippen LogP contribution >= 0.6 is 15.9 Å². The normalized spacial score (nSPS) is 11.6. The predicted octanol–water partition coefficient (Wildman–Crippen LogP) is 9.02. The molecule has 0 radical (unpaired) electrons. The van der Waals surface area contributed by atoms with Crippen molar-refractivity contribution in [2.75, 3.05) is 0 Å². The van der Waals surface area contributed by atoms with Crippen LogP contribution in [0.5, 0.6) is 0 Å². The SMILES string of the molecule is Brc1ccc2oc3ccc(-c4ccc(-c5nc6ccccc6n5-c5ccccc5)cc4)cc3c2c1. The Balaban J connectivity index is 1.34. The van der Waals surface area contributed by atoms with E-state index in [-0.39, 0.29) is 0 Å². The zero-order valence-corrected chi connectivity index (χ0v) is 20.2. The molecule has 5 aromatic carbocycles. The molecule has 3 nitrogen and oxygen atoms in total. The Morgan fingerprint density at radius 1 is 0.600 bits per heavy atom. The number of benzene rings is 5. The van der Waals surface area contributed by atoms with Crippen LogP contribution in [-0.2, 0) is 0 Å². The third-order valence-corrected chi connectivity index (χ3v) is 6.98. The summed E-state index contributed by atoms with van der Waals surface area (Å²) in [6, 6.07) is 39.8. The van der Waals surface area contributed by atoms with Crippen molar-refractivity contribution in [1.82, 2.24) is 9.55 Å². The number of furan rings is 1. The van der Waals surface area contributed by atoms with Crippen molar-refractivity contribution in [2.24, 2.45) is 0 Å². The Labute approximate surface area is 210 Å². The van der Waals surface area contributed by atoms with Gasteiger partial charge in [0.1, 0.15) is 17.0 Å². The lowest BCUT2D eigenvalue weighted by molar-refractivity contribution is 0.669. The second kappa shape index (κ2) is 7.97. The van der Waals surface area contributed by atoms with E-state index in [0.717, 1.165) is 65.6 Å². The van der Waals surface area contributed by atoms with Gasteiger partial charge in [0, 0.05) is 26.5 Å². The van der Waals surface area contributed by atoms with Gasteiger partial charge in [-0.1, -0.05) is 76.6 Å². The molecule has 7 aromatic rings. The van der Waals surface area contributed by atoms with Crippen LogP contribution in [0.15, 0.2) is 124 Å². The lowest BCUT2D eigenvalue weighted by Crippen LogP contribution is -1.97. The first kappa shape index (κ1) is 20.2. The number of para-hydroxylation sites is 3. The fraction of sp³-hybridized carbons (Fsp3) is 0. The fourth-order valence-corrected chi connectivity index (χ4v) is 5.16. The molecule has 0 spiro atoms. The minimum Gasteiger partial charge on any atom is -0.456 e. The van der Waals surface area contributed by atoms with Crippen LogP contribution < -0.4 is 0 Å². The zero-order chi connectivity index (χ0) is 23.4. The zero-order valence-electron chi connectivity index (χ0n) is 18.7. The maximum atomic E-state index is 6.03. The molecule has 0 amide bonds. The number of rotatable bonds is 3. The van der Waals surface area contributed by atoms with Crippen molar-refractivity contribution in [1.29, 1.82) is 0 Å². The molecule has 35 heavy (non-hydrogen) atoms. The molecule has 0 aliphatic heterocycles. The van der Waals surface area contributed by atoms with Crippen molar-refractivity contribution >= 4 is 48.9 Å². The third-order valence-electron chi connectivity index (χ3n) is 6.48. The van der Waals surface area contributed by atoms with Crippen molar-refractivity contribution in [3.63, 3.8) is 0 Å². The molecule has 7 rings (SSSR count). The highest BCUT2D eigenvalue weighted by Crippen LogP contribution is 2.35. The molecule has 0 N–H and O–H groups in total. The molecule has 0 aliphatic rings. The summed E-state index contributed by atoms with van der Waals surface area (Å²) in [6.45, 7) is 0. The van der Waals surface area contributed by atoms with E-state index >= 15 is 0 Å². The summed E-state index contributed by atoms with van der Waals surface area (Å²) >= 11 is 3.58. The number of fused-ring (bicyclic) bond motifs is 4. The molecular weight excluding hydrogens is 496 g/mol. The Hall–Kier alpha value is -4.15. The van der Waals surface area contributed by atoms with E-state index in [9.17, 15) is 0 Å². The summed E-state index contributed by atoms with van der Waals surface area (Å²) in [5.41, 5.74) is 8.37. The molecule has 0 unspecified atom stereocenters. The van der Waals surface area contributed by atoms with Gasteiger partial charge in [-0.3, -0.25) is 4.57 Å². The van der Waals surface area contributed by atoms with Crippen LogP contribution in [-0.4, -0.2) is 9.55 Å².